The lowest BCUT2D eigenvalue weighted by Gasteiger charge is -2.20. The Balaban J connectivity index is 1.42. The molecule has 196 valence electrons. The Labute approximate surface area is 224 Å². The van der Waals surface area contributed by atoms with Gasteiger partial charge in [-0.05, 0) is 48.6 Å². The summed E-state index contributed by atoms with van der Waals surface area (Å²) in [5.74, 6) is 2.81. The van der Waals surface area contributed by atoms with Crippen molar-refractivity contribution in [3.63, 3.8) is 0 Å². The van der Waals surface area contributed by atoms with Gasteiger partial charge in [-0.15, -0.1) is 0 Å². The maximum absolute atomic E-state index is 13.6. The zero-order valence-corrected chi connectivity index (χ0v) is 21.9. The highest BCUT2D eigenvalue weighted by atomic mass is 31.2. The smallest absolute Gasteiger partial charge is 0.493 e. The van der Waals surface area contributed by atoms with Gasteiger partial charge in [0.25, 0.3) is 0 Å². The number of phosphoric ester groups is 1. The number of hydrogen-bond donors (Lipinski definition) is 1. The van der Waals surface area contributed by atoms with E-state index < -0.39 is 7.82 Å². The standard InChI is InChI=1S/C30H23O8P/c1-33-25-15-7-11-21-27(17-19-9-3-5-13-23(19)35-29(21)25)37-39(31,32)38-28-18-20-10-4-6-14-24(20)36-30-22(28)12-8-16-26(30)34-2/h3-18H,1-2H3,(H,31,32). The number of benzene rings is 4. The van der Waals surface area contributed by atoms with Gasteiger partial charge in [0.15, 0.2) is 23.0 Å². The Morgan fingerprint density at radius 1 is 0.615 bits per heavy atom. The monoisotopic (exact) mass is 542 g/mol. The van der Waals surface area contributed by atoms with E-state index in [4.69, 9.17) is 28.0 Å². The summed E-state index contributed by atoms with van der Waals surface area (Å²) in [6, 6.07) is 24.9. The topological polar surface area (TPSA) is 92.7 Å². The minimum atomic E-state index is -4.78. The quantitative estimate of drug-likeness (QED) is 0.247. The van der Waals surface area contributed by atoms with Gasteiger partial charge in [0.1, 0.15) is 23.0 Å². The molecule has 0 atom stereocenters. The van der Waals surface area contributed by atoms with E-state index in [-0.39, 0.29) is 11.5 Å². The molecular formula is C30H23O8P. The van der Waals surface area contributed by atoms with Crippen LogP contribution in [-0.4, -0.2) is 19.1 Å². The third kappa shape index (κ3) is 4.72. The summed E-state index contributed by atoms with van der Waals surface area (Å²) in [5.41, 5.74) is 2.15. The maximum Gasteiger partial charge on any atom is 0.584 e. The van der Waals surface area contributed by atoms with E-state index in [0.717, 1.165) is 0 Å². The van der Waals surface area contributed by atoms with E-state index in [1.807, 2.05) is 36.4 Å². The Hall–Kier alpha value is -4.65. The molecule has 6 rings (SSSR count). The molecule has 0 amide bonds. The minimum absolute atomic E-state index is 0.0800. The summed E-state index contributed by atoms with van der Waals surface area (Å²) in [5, 5.41) is 0. The van der Waals surface area contributed by atoms with Crippen LogP contribution in [0.3, 0.4) is 0 Å². The van der Waals surface area contributed by atoms with E-state index in [1.54, 1.807) is 60.7 Å². The molecule has 9 heteroatoms. The van der Waals surface area contributed by atoms with Crippen molar-refractivity contribution in [1.29, 1.82) is 0 Å². The molecule has 1 N–H and O–H groups in total. The normalized spacial score (nSPS) is 13.3. The number of para-hydroxylation sites is 4. The highest BCUT2D eigenvalue weighted by Crippen LogP contribution is 2.56. The Bertz CT molecular complexity index is 1570. The van der Waals surface area contributed by atoms with Gasteiger partial charge in [0.2, 0.25) is 0 Å². The number of methoxy groups -OCH3 is 2. The second kappa shape index (κ2) is 9.91. The van der Waals surface area contributed by atoms with Crippen molar-refractivity contribution in [2.24, 2.45) is 0 Å². The van der Waals surface area contributed by atoms with Crippen LogP contribution in [0.25, 0.3) is 23.7 Å². The summed E-state index contributed by atoms with van der Waals surface area (Å²) in [6.07, 6.45) is 3.26. The fourth-order valence-corrected chi connectivity index (χ4v) is 5.25. The highest BCUT2D eigenvalue weighted by molar-refractivity contribution is 7.48. The zero-order valence-electron chi connectivity index (χ0n) is 21.0. The third-order valence-corrected chi connectivity index (χ3v) is 7.05. The fraction of sp³-hybridized carbons (Fsp3) is 0.0667. The molecule has 0 aromatic heterocycles. The van der Waals surface area contributed by atoms with Gasteiger partial charge in [-0.1, -0.05) is 48.5 Å². The van der Waals surface area contributed by atoms with Crippen LogP contribution < -0.4 is 18.9 Å². The van der Waals surface area contributed by atoms with E-state index in [9.17, 15) is 9.46 Å². The first-order chi connectivity index (χ1) is 19.0. The predicted molar refractivity (Wildman–Crippen MR) is 147 cm³/mol. The number of hydrogen-bond acceptors (Lipinski definition) is 7. The largest absolute Gasteiger partial charge is 0.584 e. The first-order valence-corrected chi connectivity index (χ1v) is 13.5. The first kappa shape index (κ1) is 24.7. The lowest BCUT2D eigenvalue weighted by Crippen LogP contribution is -1.99. The maximum atomic E-state index is 13.6. The van der Waals surface area contributed by atoms with Gasteiger partial charge in [-0.25, -0.2) is 4.57 Å². The summed E-state index contributed by atoms with van der Waals surface area (Å²) in [4.78, 5) is 11.1. The molecular weight excluding hydrogens is 519 g/mol. The molecule has 39 heavy (non-hydrogen) atoms. The summed E-state index contributed by atoms with van der Waals surface area (Å²) >= 11 is 0. The molecule has 0 bridgehead atoms. The van der Waals surface area contributed by atoms with E-state index in [1.165, 1.54) is 14.2 Å². The van der Waals surface area contributed by atoms with Crippen molar-refractivity contribution in [3.8, 4) is 34.5 Å². The molecule has 0 aliphatic carbocycles. The van der Waals surface area contributed by atoms with Crippen LogP contribution in [0.1, 0.15) is 22.3 Å². The van der Waals surface area contributed by atoms with E-state index in [0.29, 0.717) is 56.8 Å². The number of ether oxygens (including phenoxy) is 4. The summed E-state index contributed by atoms with van der Waals surface area (Å²) in [7, 11) is -1.74. The Kier molecular flexibility index (Phi) is 6.27. The van der Waals surface area contributed by atoms with Crippen LogP contribution in [-0.2, 0) is 13.6 Å². The third-order valence-electron chi connectivity index (χ3n) is 6.19. The molecule has 0 saturated carbocycles. The van der Waals surface area contributed by atoms with Crippen molar-refractivity contribution < 1.29 is 37.5 Å². The second-order valence-electron chi connectivity index (χ2n) is 8.62. The molecule has 2 heterocycles. The van der Waals surface area contributed by atoms with Crippen molar-refractivity contribution in [2.75, 3.05) is 14.2 Å². The van der Waals surface area contributed by atoms with E-state index >= 15 is 0 Å². The highest BCUT2D eigenvalue weighted by Gasteiger charge is 2.33. The zero-order chi connectivity index (χ0) is 27.0. The van der Waals surface area contributed by atoms with Crippen LogP contribution in [0.2, 0.25) is 0 Å². The average Bonchev–Trinajstić information content (AvgIpc) is 3.19. The van der Waals surface area contributed by atoms with Crippen LogP contribution in [0.15, 0.2) is 84.9 Å². The number of phosphoric acid groups is 1. The second-order valence-corrected chi connectivity index (χ2v) is 9.92. The van der Waals surface area contributed by atoms with Crippen LogP contribution in [0.4, 0.5) is 0 Å². The van der Waals surface area contributed by atoms with Crippen LogP contribution >= 0.6 is 7.82 Å². The van der Waals surface area contributed by atoms with Gasteiger partial charge < -0.3 is 28.0 Å². The predicted octanol–water partition coefficient (Wildman–Crippen LogP) is 7.75. The molecule has 0 unspecified atom stereocenters. The summed E-state index contributed by atoms with van der Waals surface area (Å²) in [6.45, 7) is 0. The molecule has 4 aromatic carbocycles. The van der Waals surface area contributed by atoms with Gasteiger partial charge in [0, 0.05) is 11.1 Å². The summed E-state index contributed by atoms with van der Waals surface area (Å²) < 4.78 is 48.3. The van der Waals surface area contributed by atoms with Crippen LogP contribution in [0.5, 0.6) is 34.5 Å². The molecule has 8 nitrogen and oxygen atoms in total. The lowest BCUT2D eigenvalue weighted by molar-refractivity contribution is 0.264. The Morgan fingerprint density at radius 2 is 1.05 bits per heavy atom. The van der Waals surface area contributed by atoms with Crippen molar-refractivity contribution in [3.05, 3.63) is 107 Å². The van der Waals surface area contributed by atoms with Crippen molar-refractivity contribution in [1.82, 2.24) is 0 Å². The van der Waals surface area contributed by atoms with Gasteiger partial charge in [0.05, 0.1) is 25.3 Å². The van der Waals surface area contributed by atoms with Gasteiger partial charge >= 0.3 is 7.82 Å². The molecule has 2 aliphatic heterocycles. The lowest BCUT2D eigenvalue weighted by atomic mass is 10.1. The fourth-order valence-electron chi connectivity index (χ4n) is 4.41. The SMILES string of the molecule is COc1cccc2c1Oc1ccccc1C=C2OP(=O)(O)OC1=Cc2ccccc2Oc2c(OC)cccc21. The van der Waals surface area contributed by atoms with Gasteiger partial charge in [-0.3, -0.25) is 4.89 Å². The number of fused-ring (bicyclic) bond motifs is 4. The Morgan fingerprint density at radius 3 is 1.49 bits per heavy atom. The van der Waals surface area contributed by atoms with Crippen molar-refractivity contribution >= 4 is 31.5 Å². The molecule has 2 aliphatic rings. The van der Waals surface area contributed by atoms with E-state index in [2.05, 4.69) is 0 Å². The molecule has 0 fully saturated rings. The minimum Gasteiger partial charge on any atom is -0.493 e. The number of rotatable bonds is 6. The average molecular weight is 542 g/mol. The molecule has 0 radical (unpaired) electrons. The van der Waals surface area contributed by atoms with Crippen LogP contribution in [0, 0.1) is 0 Å². The first-order valence-electron chi connectivity index (χ1n) is 12.0. The van der Waals surface area contributed by atoms with Gasteiger partial charge in [-0.2, -0.15) is 0 Å². The van der Waals surface area contributed by atoms with Crippen molar-refractivity contribution in [2.45, 2.75) is 0 Å². The molecule has 0 saturated heterocycles. The molecule has 4 aromatic rings. The molecule has 0 spiro atoms.